The zero-order chi connectivity index (χ0) is 22.7. The standard InChI is InChI=1S/C16H14ClN11O3S/c1-27-7-20-23-16(27)32-6-10-12(21-26-28(10)14-13(18)24-31-25-14)15(30)22-19-5-8-4-9(17)2-3-11(8)29/h2-5,7,29H,6H2,1H3,(H2,18,24)(H,22,30)/b19-5-. The zero-order valence-electron chi connectivity index (χ0n) is 16.2. The van der Waals surface area contributed by atoms with E-state index in [9.17, 15) is 9.90 Å². The van der Waals surface area contributed by atoms with E-state index in [1.165, 1.54) is 40.9 Å². The minimum absolute atomic E-state index is 0.0266. The Morgan fingerprint density at radius 3 is 2.97 bits per heavy atom. The fourth-order valence-electron chi connectivity index (χ4n) is 2.49. The van der Waals surface area contributed by atoms with Gasteiger partial charge in [-0.3, -0.25) is 4.79 Å². The summed E-state index contributed by atoms with van der Waals surface area (Å²) in [6.45, 7) is 0. The maximum atomic E-state index is 12.7. The number of nitrogen functional groups attached to an aromatic ring is 1. The molecule has 3 heterocycles. The highest BCUT2D eigenvalue weighted by Crippen LogP contribution is 2.24. The zero-order valence-corrected chi connectivity index (χ0v) is 17.8. The molecule has 164 valence electrons. The molecule has 4 N–H and O–H groups in total. The molecule has 16 heteroatoms. The van der Waals surface area contributed by atoms with Crippen LogP contribution in [0.15, 0.2) is 39.4 Å². The van der Waals surface area contributed by atoms with Crippen molar-refractivity contribution in [1.82, 2.24) is 45.5 Å². The monoisotopic (exact) mass is 475 g/mol. The predicted octanol–water partition coefficient (Wildman–Crippen LogP) is 0.776. The number of nitrogens with two attached hydrogens (primary N) is 1. The minimum atomic E-state index is -0.655. The number of carbonyl (C=O) groups excluding carboxylic acids is 1. The summed E-state index contributed by atoms with van der Waals surface area (Å²) in [6, 6.07) is 4.43. The van der Waals surface area contributed by atoms with Gasteiger partial charge >= 0.3 is 0 Å². The van der Waals surface area contributed by atoms with Crippen LogP contribution in [0.4, 0.5) is 5.82 Å². The first kappa shape index (κ1) is 21.3. The Kier molecular flexibility index (Phi) is 6.00. The number of aromatic hydroxyl groups is 1. The second-order valence-corrected chi connectivity index (χ2v) is 7.56. The fraction of sp³-hybridized carbons (Fsp3) is 0.125. The lowest BCUT2D eigenvalue weighted by Gasteiger charge is -2.05. The molecule has 0 aliphatic heterocycles. The molecule has 32 heavy (non-hydrogen) atoms. The highest BCUT2D eigenvalue weighted by atomic mass is 35.5. The lowest BCUT2D eigenvalue weighted by molar-refractivity contribution is 0.0949. The summed E-state index contributed by atoms with van der Waals surface area (Å²) in [5.74, 6) is -0.433. The van der Waals surface area contributed by atoms with E-state index in [-0.39, 0.29) is 28.8 Å². The Morgan fingerprint density at radius 2 is 2.25 bits per heavy atom. The van der Waals surface area contributed by atoms with E-state index in [0.717, 1.165) is 0 Å². The number of phenols is 1. The smallest absolute Gasteiger partial charge is 0.293 e. The Balaban J connectivity index is 1.59. The molecule has 14 nitrogen and oxygen atoms in total. The average Bonchev–Trinajstić information content (AvgIpc) is 3.48. The lowest BCUT2D eigenvalue weighted by atomic mass is 10.2. The maximum Gasteiger partial charge on any atom is 0.293 e. The number of halogens is 1. The van der Waals surface area contributed by atoms with Gasteiger partial charge < -0.3 is 15.4 Å². The van der Waals surface area contributed by atoms with E-state index in [1.54, 1.807) is 17.9 Å². The van der Waals surface area contributed by atoms with E-state index >= 15 is 0 Å². The molecule has 0 bridgehead atoms. The highest BCUT2D eigenvalue weighted by molar-refractivity contribution is 7.98. The molecule has 0 radical (unpaired) electrons. The first-order chi connectivity index (χ1) is 15.4. The molecule has 4 rings (SSSR count). The summed E-state index contributed by atoms with van der Waals surface area (Å²) in [5, 5.41) is 37.6. The molecular weight excluding hydrogens is 462 g/mol. The number of phenolic OH excluding ortho intramolecular Hbond substituents is 1. The molecule has 0 spiro atoms. The van der Waals surface area contributed by atoms with Crippen molar-refractivity contribution in [2.24, 2.45) is 12.1 Å². The number of anilines is 1. The Hall–Kier alpha value is -3.98. The second kappa shape index (κ2) is 9.03. The molecule has 1 amide bonds. The van der Waals surface area contributed by atoms with Crippen LogP contribution in [0, 0.1) is 0 Å². The Morgan fingerprint density at radius 1 is 1.41 bits per heavy atom. The topological polar surface area (TPSA) is 188 Å². The fourth-order valence-corrected chi connectivity index (χ4v) is 3.55. The second-order valence-electron chi connectivity index (χ2n) is 6.18. The van der Waals surface area contributed by atoms with Gasteiger partial charge in [-0.25, -0.2) is 10.1 Å². The number of thioether (sulfide) groups is 1. The predicted molar refractivity (Wildman–Crippen MR) is 112 cm³/mol. The van der Waals surface area contributed by atoms with Crippen LogP contribution in [0.5, 0.6) is 5.75 Å². The van der Waals surface area contributed by atoms with Crippen molar-refractivity contribution in [1.29, 1.82) is 0 Å². The third kappa shape index (κ3) is 4.37. The number of hydrogen-bond acceptors (Lipinski definition) is 12. The van der Waals surface area contributed by atoms with Crippen LogP contribution in [0.25, 0.3) is 5.82 Å². The van der Waals surface area contributed by atoms with Gasteiger partial charge in [0.25, 0.3) is 5.91 Å². The SMILES string of the molecule is Cn1cnnc1SCc1c(C(=O)N/N=C\c2cc(Cl)ccc2O)nnn1-c1nonc1N. The van der Waals surface area contributed by atoms with Crippen molar-refractivity contribution >= 4 is 41.3 Å². The first-order valence-corrected chi connectivity index (χ1v) is 10.1. The molecule has 3 aromatic heterocycles. The number of hydrazone groups is 1. The third-order valence-corrected chi connectivity index (χ3v) is 5.32. The van der Waals surface area contributed by atoms with Gasteiger partial charge in [0.15, 0.2) is 10.9 Å². The van der Waals surface area contributed by atoms with Crippen LogP contribution >= 0.6 is 23.4 Å². The number of aromatic nitrogens is 8. The third-order valence-electron chi connectivity index (χ3n) is 4.04. The van der Waals surface area contributed by atoms with Crippen LogP contribution in [0.2, 0.25) is 5.02 Å². The van der Waals surface area contributed by atoms with Gasteiger partial charge in [-0.05, 0) is 28.5 Å². The van der Waals surface area contributed by atoms with E-state index in [0.29, 0.717) is 21.4 Å². The molecule has 0 fully saturated rings. The van der Waals surface area contributed by atoms with Gasteiger partial charge in [-0.1, -0.05) is 28.6 Å². The first-order valence-electron chi connectivity index (χ1n) is 8.75. The molecule has 0 aliphatic carbocycles. The van der Waals surface area contributed by atoms with Crippen LogP contribution in [0.3, 0.4) is 0 Å². The van der Waals surface area contributed by atoms with E-state index in [1.807, 2.05) is 0 Å². The Bertz CT molecular complexity index is 1300. The summed E-state index contributed by atoms with van der Waals surface area (Å²) < 4.78 is 7.58. The van der Waals surface area contributed by atoms with Gasteiger partial charge in [0.2, 0.25) is 11.6 Å². The number of aryl methyl sites for hydroxylation is 1. The molecule has 0 unspecified atom stereocenters. The lowest BCUT2D eigenvalue weighted by Crippen LogP contribution is -2.20. The molecular formula is C16H14ClN11O3S. The number of nitrogens with zero attached hydrogens (tertiary/aromatic N) is 9. The van der Waals surface area contributed by atoms with Crippen LogP contribution in [0.1, 0.15) is 21.7 Å². The molecule has 0 saturated carbocycles. The molecule has 0 saturated heterocycles. The van der Waals surface area contributed by atoms with Crippen molar-refractivity contribution in [3.8, 4) is 11.6 Å². The number of amides is 1. The number of rotatable bonds is 7. The highest BCUT2D eigenvalue weighted by Gasteiger charge is 2.24. The van der Waals surface area contributed by atoms with Crippen molar-refractivity contribution < 1.29 is 14.5 Å². The summed E-state index contributed by atoms with van der Waals surface area (Å²) >= 11 is 7.19. The number of nitrogens with one attached hydrogen (secondary N) is 1. The Labute approximate surface area is 188 Å². The van der Waals surface area contributed by atoms with Gasteiger partial charge in [0, 0.05) is 23.4 Å². The van der Waals surface area contributed by atoms with Gasteiger partial charge in [0.05, 0.1) is 11.9 Å². The quantitative estimate of drug-likeness (QED) is 0.194. The number of carbonyl (C=O) groups is 1. The van der Waals surface area contributed by atoms with Gasteiger partial charge in [0.1, 0.15) is 12.1 Å². The largest absolute Gasteiger partial charge is 0.507 e. The van der Waals surface area contributed by atoms with E-state index in [4.69, 9.17) is 17.3 Å². The normalized spacial score (nSPS) is 11.3. The van der Waals surface area contributed by atoms with Crippen molar-refractivity contribution in [2.75, 3.05) is 5.73 Å². The average molecular weight is 476 g/mol. The molecule has 0 aliphatic rings. The van der Waals surface area contributed by atoms with E-state index < -0.39 is 5.91 Å². The van der Waals surface area contributed by atoms with E-state index in [2.05, 4.69) is 46.0 Å². The summed E-state index contributed by atoms with van der Waals surface area (Å²) in [5.41, 5.74) is 8.74. The van der Waals surface area contributed by atoms with Gasteiger partial charge in [-0.2, -0.15) is 9.78 Å². The van der Waals surface area contributed by atoms with Gasteiger partial charge in [-0.15, -0.1) is 15.3 Å². The summed E-state index contributed by atoms with van der Waals surface area (Å²) in [6.07, 6.45) is 2.79. The maximum absolute atomic E-state index is 12.7. The van der Waals surface area contributed by atoms with Crippen LogP contribution < -0.4 is 11.2 Å². The number of hydrogen-bond donors (Lipinski definition) is 3. The van der Waals surface area contributed by atoms with Crippen LogP contribution in [-0.4, -0.2) is 57.3 Å². The molecule has 1 aromatic carbocycles. The summed E-state index contributed by atoms with van der Waals surface area (Å²) in [7, 11) is 1.78. The van der Waals surface area contributed by atoms with Crippen molar-refractivity contribution in [2.45, 2.75) is 10.9 Å². The minimum Gasteiger partial charge on any atom is -0.507 e. The molecule has 0 atom stereocenters. The summed E-state index contributed by atoms with van der Waals surface area (Å²) in [4.78, 5) is 12.7. The molecule has 4 aromatic rings. The van der Waals surface area contributed by atoms with Crippen molar-refractivity contribution in [3.63, 3.8) is 0 Å². The van der Waals surface area contributed by atoms with Crippen molar-refractivity contribution in [3.05, 3.63) is 46.5 Å². The van der Waals surface area contributed by atoms with Crippen LogP contribution in [-0.2, 0) is 12.8 Å². The number of benzene rings is 1.